The second-order valence-corrected chi connectivity index (χ2v) is 2.71. The summed E-state index contributed by atoms with van der Waals surface area (Å²) in [4.78, 5) is 8.36. The van der Waals surface area contributed by atoms with Crippen molar-refractivity contribution in [2.24, 2.45) is 5.92 Å². The summed E-state index contributed by atoms with van der Waals surface area (Å²) >= 11 is 0. The Balaban J connectivity index is 0.000000292. The molecular weight excluding hydrogens is 142 g/mol. The maximum atomic E-state index is 8.36. The molecule has 0 unspecified atom stereocenters. The SMILES string of the molecule is CCC1CCNCC1.O=CO. The van der Waals surface area contributed by atoms with E-state index in [2.05, 4.69) is 12.2 Å². The van der Waals surface area contributed by atoms with Gasteiger partial charge in [-0.25, -0.2) is 0 Å². The normalized spacial score (nSPS) is 18.3. The molecule has 1 heterocycles. The average molecular weight is 159 g/mol. The van der Waals surface area contributed by atoms with Crippen LogP contribution in [0.3, 0.4) is 0 Å². The molecule has 0 radical (unpaired) electrons. The molecule has 0 aromatic rings. The molecule has 3 heteroatoms. The van der Waals surface area contributed by atoms with Crippen molar-refractivity contribution >= 4 is 6.47 Å². The number of carboxylic acid groups (broad SMARTS) is 1. The van der Waals surface area contributed by atoms with Crippen LogP contribution < -0.4 is 5.32 Å². The third-order valence-corrected chi connectivity index (χ3v) is 2.04. The second kappa shape index (κ2) is 7.54. The average Bonchev–Trinajstić information content (AvgIpc) is 2.08. The Bertz CT molecular complexity index is 90.1. The van der Waals surface area contributed by atoms with E-state index >= 15 is 0 Å². The fourth-order valence-corrected chi connectivity index (χ4v) is 1.29. The van der Waals surface area contributed by atoms with Crippen LogP contribution in [0.2, 0.25) is 0 Å². The smallest absolute Gasteiger partial charge is 0.290 e. The molecule has 0 spiro atoms. The molecule has 1 fully saturated rings. The van der Waals surface area contributed by atoms with E-state index in [9.17, 15) is 0 Å². The lowest BCUT2D eigenvalue weighted by Crippen LogP contribution is -2.27. The van der Waals surface area contributed by atoms with Crippen molar-refractivity contribution in [1.29, 1.82) is 0 Å². The van der Waals surface area contributed by atoms with Crippen LogP contribution in [-0.4, -0.2) is 24.7 Å². The van der Waals surface area contributed by atoms with Crippen molar-refractivity contribution in [3.63, 3.8) is 0 Å². The summed E-state index contributed by atoms with van der Waals surface area (Å²) < 4.78 is 0. The highest BCUT2D eigenvalue weighted by molar-refractivity contribution is 5.32. The molecule has 0 amide bonds. The predicted molar refractivity (Wildman–Crippen MR) is 44.6 cm³/mol. The van der Waals surface area contributed by atoms with Crippen LogP contribution in [0.5, 0.6) is 0 Å². The lowest BCUT2D eigenvalue weighted by molar-refractivity contribution is -0.122. The van der Waals surface area contributed by atoms with Gasteiger partial charge in [-0.15, -0.1) is 0 Å². The minimum Gasteiger partial charge on any atom is -0.483 e. The monoisotopic (exact) mass is 159 g/mol. The molecule has 1 rings (SSSR count). The fourth-order valence-electron chi connectivity index (χ4n) is 1.29. The minimum atomic E-state index is -0.250. The molecule has 66 valence electrons. The van der Waals surface area contributed by atoms with E-state index in [1.807, 2.05) is 0 Å². The first kappa shape index (κ1) is 10.4. The quantitative estimate of drug-likeness (QED) is 0.563. The zero-order valence-corrected chi connectivity index (χ0v) is 7.05. The number of piperidine rings is 1. The van der Waals surface area contributed by atoms with Gasteiger partial charge in [0.05, 0.1) is 0 Å². The molecule has 1 saturated heterocycles. The Morgan fingerprint density at radius 1 is 1.55 bits per heavy atom. The fraction of sp³-hybridized carbons (Fsp3) is 0.875. The summed E-state index contributed by atoms with van der Waals surface area (Å²) in [6, 6.07) is 0. The van der Waals surface area contributed by atoms with Gasteiger partial charge in [-0.1, -0.05) is 13.3 Å². The van der Waals surface area contributed by atoms with E-state index in [1.54, 1.807) is 0 Å². The number of nitrogens with one attached hydrogen (secondary N) is 1. The molecular formula is C8H17NO2. The lowest BCUT2D eigenvalue weighted by Gasteiger charge is -2.20. The first-order valence-corrected chi connectivity index (χ1v) is 4.13. The Morgan fingerprint density at radius 3 is 2.27 bits per heavy atom. The standard InChI is InChI=1S/C7H15N.CH2O2/c1-2-7-3-5-8-6-4-7;2-1-3/h7-8H,2-6H2,1H3;1H,(H,2,3). The third kappa shape index (κ3) is 5.85. The topological polar surface area (TPSA) is 49.3 Å². The van der Waals surface area contributed by atoms with Crippen molar-refractivity contribution in [3.05, 3.63) is 0 Å². The predicted octanol–water partition coefficient (Wildman–Crippen LogP) is 1.10. The van der Waals surface area contributed by atoms with E-state index in [-0.39, 0.29) is 6.47 Å². The van der Waals surface area contributed by atoms with Crippen LogP contribution in [0.15, 0.2) is 0 Å². The van der Waals surface area contributed by atoms with Crippen LogP contribution in [0.4, 0.5) is 0 Å². The summed E-state index contributed by atoms with van der Waals surface area (Å²) in [5.41, 5.74) is 0. The van der Waals surface area contributed by atoms with E-state index in [4.69, 9.17) is 9.90 Å². The van der Waals surface area contributed by atoms with Crippen LogP contribution >= 0.6 is 0 Å². The number of carbonyl (C=O) groups is 1. The summed E-state index contributed by atoms with van der Waals surface area (Å²) in [5.74, 6) is 1.02. The molecule has 2 N–H and O–H groups in total. The summed E-state index contributed by atoms with van der Waals surface area (Å²) in [7, 11) is 0. The van der Waals surface area contributed by atoms with Gasteiger partial charge in [0.1, 0.15) is 0 Å². The van der Waals surface area contributed by atoms with Gasteiger partial charge in [-0.05, 0) is 31.8 Å². The summed E-state index contributed by atoms with van der Waals surface area (Å²) in [5, 5.41) is 10.2. The summed E-state index contributed by atoms with van der Waals surface area (Å²) in [6.45, 7) is 4.53. The zero-order valence-electron chi connectivity index (χ0n) is 7.05. The van der Waals surface area contributed by atoms with Crippen molar-refractivity contribution < 1.29 is 9.90 Å². The number of hydrogen-bond acceptors (Lipinski definition) is 2. The van der Waals surface area contributed by atoms with E-state index in [0.29, 0.717) is 0 Å². The van der Waals surface area contributed by atoms with Gasteiger partial charge in [0.25, 0.3) is 6.47 Å². The zero-order chi connectivity index (χ0) is 8.53. The minimum absolute atomic E-state index is 0.250. The molecule has 0 atom stereocenters. The molecule has 0 bridgehead atoms. The molecule has 1 aliphatic heterocycles. The maximum absolute atomic E-state index is 8.36. The largest absolute Gasteiger partial charge is 0.483 e. The van der Waals surface area contributed by atoms with Gasteiger partial charge in [0.15, 0.2) is 0 Å². The van der Waals surface area contributed by atoms with Crippen molar-refractivity contribution in [2.45, 2.75) is 26.2 Å². The van der Waals surface area contributed by atoms with Crippen molar-refractivity contribution in [2.75, 3.05) is 13.1 Å². The van der Waals surface area contributed by atoms with Gasteiger partial charge in [-0.2, -0.15) is 0 Å². The lowest BCUT2D eigenvalue weighted by atomic mass is 9.96. The van der Waals surface area contributed by atoms with Gasteiger partial charge in [-0.3, -0.25) is 4.79 Å². The molecule has 0 aromatic heterocycles. The van der Waals surface area contributed by atoms with Gasteiger partial charge >= 0.3 is 0 Å². The number of hydrogen-bond donors (Lipinski definition) is 2. The van der Waals surface area contributed by atoms with Crippen molar-refractivity contribution in [3.8, 4) is 0 Å². The van der Waals surface area contributed by atoms with Crippen LogP contribution in [-0.2, 0) is 4.79 Å². The van der Waals surface area contributed by atoms with Crippen LogP contribution in [0.1, 0.15) is 26.2 Å². The van der Waals surface area contributed by atoms with E-state index in [0.717, 1.165) is 5.92 Å². The highest BCUT2D eigenvalue weighted by Crippen LogP contribution is 2.13. The van der Waals surface area contributed by atoms with Gasteiger partial charge in [0, 0.05) is 0 Å². The van der Waals surface area contributed by atoms with Crippen LogP contribution in [0.25, 0.3) is 0 Å². The first-order chi connectivity index (χ1) is 5.35. The second-order valence-electron chi connectivity index (χ2n) is 2.71. The molecule has 0 aromatic carbocycles. The highest BCUT2D eigenvalue weighted by atomic mass is 16.3. The Morgan fingerprint density at radius 2 is 2.00 bits per heavy atom. The summed E-state index contributed by atoms with van der Waals surface area (Å²) in [6.07, 6.45) is 4.18. The maximum Gasteiger partial charge on any atom is 0.290 e. The molecule has 0 aliphatic carbocycles. The molecule has 11 heavy (non-hydrogen) atoms. The Kier molecular flexibility index (Phi) is 7.15. The first-order valence-electron chi connectivity index (χ1n) is 4.13. The molecule has 3 nitrogen and oxygen atoms in total. The Hall–Kier alpha value is -0.570. The third-order valence-electron chi connectivity index (χ3n) is 2.04. The van der Waals surface area contributed by atoms with Crippen LogP contribution in [0, 0.1) is 5.92 Å². The van der Waals surface area contributed by atoms with E-state index in [1.165, 1.54) is 32.4 Å². The van der Waals surface area contributed by atoms with Crippen molar-refractivity contribution in [1.82, 2.24) is 5.32 Å². The number of rotatable bonds is 1. The molecule has 1 aliphatic rings. The molecule has 0 saturated carbocycles. The highest BCUT2D eigenvalue weighted by Gasteiger charge is 2.08. The van der Waals surface area contributed by atoms with E-state index < -0.39 is 0 Å². The van der Waals surface area contributed by atoms with Gasteiger partial charge in [0.2, 0.25) is 0 Å². The Labute approximate surface area is 67.8 Å². The van der Waals surface area contributed by atoms with Gasteiger partial charge < -0.3 is 10.4 Å².